The van der Waals surface area contributed by atoms with Crippen LogP contribution in [0.15, 0.2) is 6.07 Å². The van der Waals surface area contributed by atoms with Gasteiger partial charge in [0.15, 0.2) is 0 Å². The number of carbonyl (C=O) groups is 1. The first-order chi connectivity index (χ1) is 8.60. The molecule has 0 spiro atoms. The number of aromatic nitrogens is 1. The van der Waals surface area contributed by atoms with Gasteiger partial charge in [-0.2, -0.15) is 0 Å². The number of ether oxygens (including phenoxy) is 2. The molecule has 1 aromatic rings. The van der Waals surface area contributed by atoms with Crippen molar-refractivity contribution in [1.82, 2.24) is 4.98 Å². The summed E-state index contributed by atoms with van der Waals surface area (Å²) in [5, 5.41) is 0. The second-order valence-electron chi connectivity index (χ2n) is 4.10. The first-order valence-electron chi connectivity index (χ1n) is 6.02. The Labute approximate surface area is 107 Å². The van der Waals surface area contributed by atoms with Gasteiger partial charge in [-0.1, -0.05) is 13.3 Å². The van der Waals surface area contributed by atoms with E-state index in [1.165, 1.54) is 0 Å². The Balaban J connectivity index is 3.08. The summed E-state index contributed by atoms with van der Waals surface area (Å²) in [6.07, 6.45) is 1.93. The van der Waals surface area contributed by atoms with E-state index in [1.807, 2.05) is 6.92 Å². The van der Waals surface area contributed by atoms with Gasteiger partial charge < -0.3 is 15.2 Å². The number of carbonyl (C=O) groups excluding carboxylic acids is 1. The fourth-order valence-electron chi connectivity index (χ4n) is 1.66. The zero-order chi connectivity index (χ0) is 13.5. The van der Waals surface area contributed by atoms with Gasteiger partial charge in [0, 0.05) is 12.8 Å². The number of nitrogens with two attached hydrogens (primary N) is 1. The van der Waals surface area contributed by atoms with E-state index in [9.17, 15) is 4.79 Å². The molecule has 1 aromatic heterocycles. The van der Waals surface area contributed by atoms with Crippen LogP contribution < -0.4 is 10.5 Å². The van der Waals surface area contributed by atoms with Crippen LogP contribution in [0.4, 0.5) is 0 Å². The first kappa shape index (κ1) is 14.4. The molecule has 0 fully saturated rings. The fourth-order valence-corrected chi connectivity index (χ4v) is 1.66. The quantitative estimate of drug-likeness (QED) is 0.751. The third-order valence-electron chi connectivity index (χ3n) is 2.48. The average molecular weight is 252 g/mol. The molecule has 1 rings (SSSR count). The number of unbranched alkanes of at least 4 members (excludes halogenated alkanes) is 1. The third kappa shape index (κ3) is 3.70. The van der Waals surface area contributed by atoms with E-state index in [2.05, 4.69) is 11.9 Å². The molecular formula is C13H20N2O3. The molecule has 0 unspecified atom stereocenters. The molecule has 0 bridgehead atoms. The molecule has 100 valence electrons. The zero-order valence-corrected chi connectivity index (χ0v) is 11.2. The second-order valence-corrected chi connectivity index (χ2v) is 4.10. The number of hydrogen-bond acceptors (Lipinski definition) is 4. The maximum atomic E-state index is 11.5. The van der Waals surface area contributed by atoms with Gasteiger partial charge in [0.05, 0.1) is 13.2 Å². The van der Waals surface area contributed by atoms with Crippen LogP contribution in [0.1, 0.15) is 41.4 Å². The number of nitrogens with zero attached hydrogens (tertiary/aromatic N) is 1. The Kier molecular flexibility index (Phi) is 5.58. The minimum absolute atomic E-state index is 0.308. The van der Waals surface area contributed by atoms with Crippen molar-refractivity contribution in [3.63, 3.8) is 0 Å². The molecule has 0 saturated heterocycles. The normalized spacial score (nSPS) is 10.4. The van der Waals surface area contributed by atoms with Crippen molar-refractivity contribution >= 4 is 5.91 Å². The topological polar surface area (TPSA) is 74.4 Å². The van der Waals surface area contributed by atoms with E-state index in [-0.39, 0.29) is 0 Å². The molecule has 0 aromatic carbocycles. The lowest BCUT2D eigenvalue weighted by atomic mass is 10.1. The number of amides is 1. The van der Waals surface area contributed by atoms with Crippen LogP contribution in [0.3, 0.4) is 0 Å². The van der Waals surface area contributed by atoms with Gasteiger partial charge in [0.25, 0.3) is 5.91 Å². The average Bonchev–Trinajstić information content (AvgIpc) is 2.28. The van der Waals surface area contributed by atoms with Gasteiger partial charge in [-0.25, -0.2) is 4.98 Å². The minimum Gasteiger partial charge on any atom is -0.477 e. The van der Waals surface area contributed by atoms with Gasteiger partial charge in [0.2, 0.25) is 5.88 Å². The van der Waals surface area contributed by atoms with Gasteiger partial charge in [-0.15, -0.1) is 0 Å². The van der Waals surface area contributed by atoms with E-state index in [0.717, 1.165) is 18.5 Å². The lowest BCUT2D eigenvalue weighted by Gasteiger charge is -2.13. The Bertz CT molecular complexity index is 419. The highest BCUT2D eigenvalue weighted by molar-refractivity contribution is 5.96. The maximum Gasteiger partial charge on any atom is 0.254 e. The van der Waals surface area contributed by atoms with Crippen molar-refractivity contribution < 1.29 is 14.3 Å². The van der Waals surface area contributed by atoms with Crippen molar-refractivity contribution in [3.05, 3.63) is 22.9 Å². The molecule has 0 aliphatic rings. The SMILES string of the molecule is CCCCOc1nc(C)cc(COC)c1C(N)=O. The minimum atomic E-state index is -0.541. The van der Waals surface area contributed by atoms with Crippen molar-refractivity contribution in [2.75, 3.05) is 13.7 Å². The highest BCUT2D eigenvalue weighted by atomic mass is 16.5. The van der Waals surface area contributed by atoms with Crippen LogP contribution in [-0.2, 0) is 11.3 Å². The van der Waals surface area contributed by atoms with E-state index >= 15 is 0 Å². The molecule has 0 aliphatic heterocycles. The molecule has 2 N–H and O–H groups in total. The predicted molar refractivity (Wildman–Crippen MR) is 68.6 cm³/mol. The van der Waals surface area contributed by atoms with Gasteiger partial charge in [0.1, 0.15) is 5.56 Å². The summed E-state index contributed by atoms with van der Waals surface area (Å²) in [5.41, 5.74) is 7.19. The van der Waals surface area contributed by atoms with Crippen molar-refractivity contribution in [2.45, 2.75) is 33.3 Å². The van der Waals surface area contributed by atoms with E-state index < -0.39 is 5.91 Å². The largest absolute Gasteiger partial charge is 0.477 e. The smallest absolute Gasteiger partial charge is 0.254 e. The Morgan fingerprint density at radius 1 is 1.50 bits per heavy atom. The molecule has 0 saturated carbocycles. The molecule has 18 heavy (non-hydrogen) atoms. The standard InChI is InChI=1S/C13H20N2O3/c1-4-5-6-18-13-11(12(14)16)10(8-17-3)7-9(2)15-13/h7H,4-6,8H2,1-3H3,(H2,14,16). The number of hydrogen-bond donors (Lipinski definition) is 1. The monoisotopic (exact) mass is 252 g/mol. The van der Waals surface area contributed by atoms with Crippen molar-refractivity contribution in [3.8, 4) is 5.88 Å². The number of methoxy groups -OCH3 is 1. The molecule has 0 atom stereocenters. The van der Waals surface area contributed by atoms with E-state index in [4.69, 9.17) is 15.2 Å². The number of pyridine rings is 1. The van der Waals surface area contributed by atoms with Crippen LogP contribution in [0.2, 0.25) is 0 Å². The highest BCUT2D eigenvalue weighted by Gasteiger charge is 2.17. The Hall–Kier alpha value is -1.62. The number of primary amides is 1. The lowest BCUT2D eigenvalue weighted by Crippen LogP contribution is -2.18. The van der Waals surface area contributed by atoms with Crippen LogP contribution in [0.25, 0.3) is 0 Å². The summed E-state index contributed by atoms with van der Waals surface area (Å²) in [6.45, 7) is 4.75. The Morgan fingerprint density at radius 3 is 2.78 bits per heavy atom. The Morgan fingerprint density at radius 2 is 2.22 bits per heavy atom. The fraction of sp³-hybridized carbons (Fsp3) is 0.538. The summed E-state index contributed by atoms with van der Waals surface area (Å²) in [5.74, 6) is -0.232. The van der Waals surface area contributed by atoms with Crippen molar-refractivity contribution in [2.24, 2.45) is 5.73 Å². The zero-order valence-electron chi connectivity index (χ0n) is 11.2. The molecule has 1 amide bonds. The lowest BCUT2D eigenvalue weighted by molar-refractivity contribution is 0.0989. The molecule has 5 nitrogen and oxygen atoms in total. The number of aryl methyl sites for hydroxylation is 1. The molecule has 1 heterocycles. The molecule has 0 aliphatic carbocycles. The number of rotatable bonds is 7. The summed E-state index contributed by atoms with van der Waals surface area (Å²) in [7, 11) is 1.57. The molecular weight excluding hydrogens is 232 g/mol. The summed E-state index contributed by atoms with van der Waals surface area (Å²) in [4.78, 5) is 15.7. The summed E-state index contributed by atoms with van der Waals surface area (Å²) in [6, 6.07) is 1.79. The van der Waals surface area contributed by atoms with Gasteiger partial charge >= 0.3 is 0 Å². The van der Waals surface area contributed by atoms with Gasteiger partial charge in [-0.3, -0.25) is 4.79 Å². The second kappa shape index (κ2) is 6.96. The first-order valence-corrected chi connectivity index (χ1v) is 6.02. The van der Waals surface area contributed by atoms with Crippen LogP contribution in [0.5, 0.6) is 5.88 Å². The maximum absolute atomic E-state index is 11.5. The highest BCUT2D eigenvalue weighted by Crippen LogP contribution is 2.22. The third-order valence-corrected chi connectivity index (χ3v) is 2.48. The van der Waals surface area contributed by atoms with Gasteiger partial charge in [-0.05, 0) is 25.0 Å². The summed E-state index contributed by atoms with van der Waals surface area (Å²) >= 11 is 0. The van der Waals surface area contributed by atoms with Crippen LogP contribution in [0, 0.1) is 6.92 Å². The molecule has 0 radical (unpaired) electrons. The van der Waals surface area contributed by atoms with Crippen LogP contribution >= 0.6 is 0 Å². The van der Waals surface area contributed by atoms with Crippen molar-refractivity contribution in [1.29, 1.82) is 0 Å². The van der Waals surface area contributed by atoms with E-state index in [0.29, 0.717) is 30.2 Å². The molecule has 5 heteroatoms. The van der Waals surface area contributed by atoms with E-state index in [1.54, 1.807) is 13.2 Å². The van der Waals surface area contributed by atoms with Crippen LogP contribution in [-0.4, -0.2) is 24.6 Å². The predicted octanol–water partition coefficient (Wildman–Crippen LogP) is 1.81. The summed E-state index contributed by atoms with van der Waals surface area (Å²) < 4.78 is 10.6.